The molecule has 0 aliphatic rings. The lowest BCUT2D eigenvalue weighted by atomic mass is 10.3. The second kappa shape index (κ2) is 6.28. The molecule has 3 N–H and O–H groups in total. The summed E-state index contributed by atoms with van der Waals surface area (Å²) in [5.74, 6) is -0.495. The van der Waals surface area contributed by atoms with Crippen LogP contribution in [0.5, 0.6) is 0 Å². The first kappa shape index (κ1) is 14.9. The van der Waals surface area contributed by atoms with Crippen LogP contribution in [0, 0.1) is 5.82 Å². The first-order valence-electron chi connectivity index (χ1n) is 5.76. The van der Waals surface area contributed by atoms with Crippen LogP contribution in [0.3, 0.4) is 0 Å². The minimum absolute atomic E-state index is 0.114. The monoisotopic (exact) mass is 354 g/mol. The van der Waals surface area contributed by atoms with Crippen LogP contribution in [0.1, 0.15) is 6.92 Å². The summed E-state index contributed by atoms with van der Waals surface area (Å²) in [6.07, 6.45) is 0. The molecule has 0 spiro atoms. The first-order valence-corrected chi connectivity index (χ1v) is 7.36. The number of amides is 1. The Morgan fingerprint density at radius 1 is 1.30 bits per heavy atom. The summed E-state index contributed by atoms with van der Waals surface area (Å²) in [5, 5.41) is 2.69. The quantitative estimate of drug-likeness (QED) is 0.808. The second-order valence-corrected chi connectivity index (χ2v) is 6.08. The van der Waals surface area contributed by atoms with Crippen molar-refractivity contribution in [3.05, 3.63) is 46.7 Å². The SMILES string of the molecule is CC(=O)Nc1ccc(Sc2cc(Br)c(F)cc2N)cc1. The van der Waals surface area contributed by atoms with Crippen LogP contribution in [-0.2, 0) is 4.79 Å². The maximum Gasteiger partial charge on any atom is 0.221 e. The van der Waals surface area contributed by atoms with Crippen molar-refractivity contribution in [1.82, 2.24) is 0 Å². The third-order valence-electron chi connectivity index (χ3n) is 2.46. The lowest BCUT2D eigenvalue weighted by molar-refractivity contribution is -0.114. The Morgan fingerprint density at radius 3 is 2.55 bits per heavy atom. The molecule has 1 amide bonds. The van der Waals surface area contributed by atoms with Gasteiger partial charge in [-0.15, -0.1) is 0 Å². The lowest BCUT2D eigenvalue weighted by Gasteiger charge is -2.08. The van der Waals surface area contributed by atoms with E-state index < -0.39 is 0 Å². The average molecular weight is 355 g/mol. The summed E-state index contributed by atoms with van der Waals surface area (Å²) in [5.41, 5.74) is 6.92. The summed E-state index contributed by atoms with van der Waals surface area (Å²) in [6, 6.07) is 10.3. The Hall–Kier alpha value is -1.53. The smallest absolute Gasteiger partial charge is 0.221 e. The van der Waals surface area contributed by atoms with Gasteiger partial charge >= 0.3 is 0 Å². The number of carbonyl (C=O) groups excluding carboxylic acids is 1. The number of nitrogens with one attached hydrogen (secondary N) is 1. The average Bonchev–Trinajstić information content (AvgIpc) is 2.37. The van der Waals surface area contributed by atoms with Gasteiger partial charge in [0.2, 0.25) is 5.91 Å². The molecular formula is C14H12BrFN2OS. The molecule has 0 bridgehead atoms. The van der Waals surface area contributed by atoms with Gasteiger partial charge in [0, 0.05) is 28.1 Å². The summed E-state index contributed by atoms with van der Waals surface area (Å²) < 4.78 is 13.7. The molecule has 2 rings (SSSR count). The molecule has 3 nitrogen and oxygen atoms in total. The van der Waals surface area contributed by atoms with Crippen LogP contribution in [-0.4, -0.2) is 5.91 Å². The third-order valence-corrected chi connectivity index (χ3v) is 4.14. The number of halogens is 2. The van der Waals surface area contributed by atoms with Crippen molar-refractivity contribution >= 4 is 45.0 Å². The van der Waals surface area contributed by atoms with E-state index in [1.807, 2.05) is 12.1 Å². The third kappa shape index (κ3) is 3.74. The van der Waals surface area contributed by atoms with Crippen molar-refractivity contribution in [3.63, 3.8) is 0 Å². The van der Waals surface area contributed by atoms with Crippen molar-refractivity contribution in [2.75, 3.05) is 11.1 Å². The Kier molecular flexibility index (Phi) is 4.67. The molecule has 104 valence electrons. The minimum Gasteiger partial charge on any atom is -0.398 e. The number of hydrogen-bond acceptors (Lipinski definition) is 3. The largest absolute Gasteiger partial charge is 0.398 e. The molecule has 0 fully saturated rings. The molecule has 0 aromatic heterocycles. The number of anilines is 2. The minimum atomic E-state index is -0.382. The highest BCUT2D eigenvalue weighted by Crippen LogP contribution is 2.35. The van der Waals surface area contributed by atoms with Crippen LogP contribution in [0.2, 0.25) is 0 Å². The fourth-order valence-corrected chi connectivity index (χ4v) is 2.94. The van der Waals surface area contributed by atoms with Crippen molar-refractivity contribution < 1.29 is 9.18 Å². The summed E-state index contributed by atoms with van der Waals surface area (Å²) in [7, 11) is 0. The highest BCUT2D eigenvalue weighted by atomic mass is 79.9. The number of hydrogen-bond donors (Lipinski definition) is 2. The Morgan fingerprint density at radius 2 is 1.95 bits per heavy atom. The Labute approximate surface area is 128 Å². The van der Waals surface area contributed by atoms with E-state index in [9.17, 15) is 9.18 Å². The van der Waals surface area contributed by atoms with Gasteiger partial charge in [-0.2, -0.15) is 0 Å². The lowest BCUT2D eigenvalue weighted by Crippen LogP contribution is -2.05. The molecular weight excluding hydrogens is 343 g/mol. The van der Waals surface area contributed by atoms with Crippen molar-refractivity contribution in [2.45, 2.75) is 16.7 Å². The van der Waals surface area contributed by atoms with E-state index in [4.69, 9.17) is 5.73 Å². The number of carbonyl (C=O) groups is 1. The predicted molar refractivity (Wildman–Crippen MR) is 83.4 cm³/mol. The van der Waals surface area contributed by atoms with Crippen LogP contribution < -0.4 is 11.1 Å². The standard InChI is InChI=1S/C14H12BrFN2OS/c1-8(19)18-9-2-4-10(5-3-9)20-14-6-11(15)12(16)7-13(14)17/h2-7H,17H2,1H3,(H,18,19). The predicted octanol–water partition coefficient (Wildman–Crippen LogP) is 4.28. The van der Waals surface area contributed by atoms with Gasteiger partial charge in [0.25, 0.3) is 0 Å². The molecule has 0 saturated heterocycles. The van der Waals surface area contributed by atoms with E-state index >= 15 is 0 Å². The normalized spacial score (nSPS) is 10.3. The number of nitrogens with two attached hydrogens (primary N) is 1. The number of nitrogen functional groups attached to an aromatic ring is 1. The maximum atomic E-state index is 13.3. The molecule has 6 heteroatoms. The van der Waals surface area contributed by atoms with Gasteiger partial charge < -0.3 is 11.1 Å². The van der Waals surface area contributed by atoms with Crippen molar-refractivity contribution in [3.8, 4) is 0 Å². The first-order chi connectivity index (χ1) is 9.45. The summed E-state index contributed by atoms with van der Waals surface area (Å²) in [6.45, 7) is 1.46. The van der Waals surface area contributed by atoms with Crippen LogP contribution in [0.15, 0.2) is 50.7 Å². The van der Waals surface area contributed by atoms with E-state index in [0.29, 0.717) is 10.2 Å². The zero-order valence-electron chi connectivity index (χ0n) is 10.6. The van der Waals surface area contributed by atoms with Gasteiger partial charge in [-0.3, -0.25) is 4.79 Å². The van der Waals surface area contributed by atoms with Crippen LogP contribution in [0.25, 0.3) is 0 Å². The van der Waals surface area contributed by atoms with Crippen LogP contribution >= 0.6 is 27.7 Å². The highest BCUT2D eigenvalue weighted by molar-refractivity contribution is 9.10. The van der Waals surface area contributed by atoms with Gasteiger partial charge in [-0.1, -0.05) is 11.8 Å². The van der Waals surface area contributed by atoms with Gasteiger partial charge in [-0.25, -0.2) is 4.39 Å². The van der Waals surface area contributed by atoms with E-state index in [1.54, 1.807) is 18.2 Å². The van der Waals surface area contributed by atoms with Gasteiger partial charge in [0.1, 0.15) is 5.82 Å². The molecule has 0 aliphatic carbocycles. The molecule has 0 atom stereocenters. The number of benzene rings is 2. The fraction of sp³-hybridized carbons (Fsp3) is 0.0714. The van der Waals surface area contributed by atoms with Gasteiger partial charge in [0.05, 0.1) is 4.47 Å². The zero-order chi connectivity index (χ0) is 14.7. The van der Waals surface area contributed by atoms with Gasteiger partial charge in [-0.05, 0) is 52.3 Å². The Balaban J connectivity index is 2.18. The summed E-state index contributed by atoms with van der Waals surface area (Å²) >= 11 is 4.57. The number of rotatable bonds is 3. The fourth-order valence-electron chi connectivity index (χ4n) is 1.57. The van der Waals surface area contributed by atoms with Crippen LogP contribution in [0.4, 0.5) is 15.8 Å². The maximum absolute atomic E-state index is 13.3. The Bertz CT molecular complexity index is 646. The van der Waals surface area contributed by atoms with Gasteiger partial charge in [0.15, 0.2) is 0 Å². The molecule has 0 saturated carbocycles. The van der Waals surface area contributed by atoms with Crippen molar-refractivity contribution in [2.24, 2.45) is 0 Å². The van der Waals surface area contributed by atoms with Crippen molar-refractivity contribution in [1.29, 1.82) is 0 Å². The molecule has 0 aliphatic heterocycles. The van der Waals surface area contributed by atoms with E-state index in [1.165, 1.54) is 24.8 Å². The van der Waals surface area contributed by atoms with E-state index in [0.717, 1.165) is 15.5 Å². The van der Waals surface area contributed by atoms with E-state index in [2.05, 4.69) is 21.2 Å². The molecule has 20 heavy (non-hydrogen) atoms. The summed E-state index contributed by atoms with van der Waals surface area (Å²) in [4.78, 5) is 12.6. The molecule has 0 heterocycles. The highest BCUT2D eigenvalue weighted by Gasteiger charge is 2.07. The van der Waals surface area contributed by atoms with E-state index in [-0.39, 0.29) is 11.7 Å². The second-order valence-electron chi connectivity index (χ2n) is 4.11. The molecule has 2 aromatic rings. The molecule has 2 aromatic carbocycles. The molecule has 0 unspecified atom stereocenters. The topological polar surface area (TPSA) is 55.1 Å². The zero-order valence-corrected chi connectivity index (χ0v) is 13.0. The molecule has 0 radical (unpaired) electrons.